The number of nitro benzene ring substituents is 1. The van der Waals surface area contributed by atoms with Crippen molar-refractivity contribution in [3.8, 4) is 0 Å². The number of fused-ring (bicyclic) bond motifs is 1. The topological polar surface area (TPSA) is 84.3 Å². The summed E-state index contributed by atoms with van der Waals surface area (Å²) in [6.07, 6.45) is 2.86. The second-order valence-electron chi connectivity index (χ2n) is 5.17. The van der Waals surface area contributed by atoms with Crippen molar-refractivity contribution in [2.45, 2.75) is 45.6 Å². The van der Waals surface area contributed by atoms with Gasteiger partial charge in [-0.15, -0.1) is 0 Å². The molecule has 1 aliphatic rings. The maximum absolute atomic E-state index is 11.4. The van der Waals surface area contributed by atoms with Gasteiger partial charge >= 0.3 is 0 Å². The molecule has 1 heterocycles. The highest BCUT2D eigenvalue weighted by atomic mass is 16.6. The standard InChI is InChI=1S/C14H19N3O3/c1-3-4-9(2)15-12-8-11-10(5-6-14(18)16-11)7-13(12)17(19)20/h7-9,15H,3-6H2,1-2H3,(H,16,18). The highest BCUT2D eigenvalue weighted by molar-refractivity contribution is 5.95. The van der Waals surface area contributed by atoms with Crippen LogP contribution in [0, 0.1) is 10.1 Å². The third-order valence-corrected chi connectivity index (χ3v) is 3.44. The Bertz CT molecular complexity index is 543. The zero-order chi connectivity index (χ0) is 14.7. The zero-order valence-electron chi connectivity index (χ0n) is 11.7. The number of benzene rings is 1. The zero-order valence-corrected chi connectivity index (χ0v) is 11.7. The lowest BCUT2D eigenvalue weighted by molar-refractivity contribution is -0.384. The van der Waals surface area contributed by atoms with Crippen molar-refractivity contribution in [3.63, 3.8) is 0 Å². The van der Waals surface area contributed by atoms with Crippen molar-refractivity contribution >= 4 is 23.0 Å². The molecule has 1 unspecified atom stereocenters. The van der Waals surface area contributed by atoms with Gasteiger partial charge in [0.15, 0.2) is 0 Å². The van der Waals surface area contributed by atoms with Gasteiger partial charge in [-0.05, 0) is 31.4 Å². The lowest BCUT2D eigenvalue weighted by atomic mass is 10.0. The Morgan fingerprint density at radius 1 is 1.45 bits per heavy atom. The largest absolute Gasteiger partial charge is 0.377 e. The van der Waals surface area contributed by atoms with E-state index in [9.17, 15) is 14.9 Å². The monoisotopic (exact) mass is 277 g/mol. The van der Waals surface area contributed by atoms with Crippen LogP contribution in [0.4, 0.5) is 17.1 Å². The number of hydrogen-bond acceptors (Lipinski definition) is 4. The average molecular weight is 277 g/mol. The number of nitrogens with zero attached hydrogens (tertiary/aromatic N) is 1. The van der Waals surface area contributed by atoms with Crippen molar-refractivity contribution in [1.29, 1.82) is 0 Å². The lowest BCUT2D eigenvalue weighted by Crippen LogP contribution is -2.21. The summed E-state index contributed by atoms with van der Waals surface area (Å²) in [7, 11) is 0. The predicted molar refractivity (Wildman–Crippen MR) is 78.0 cm³/mol. The van der Waals surface area contributed by atoms with Gasteiger partial charge < -0.3 is 10.6 Å². The van der Waals surface area contributed by atoms with Crippen LogP contribution >= 0.6 is 0 Å². The molecule has 0 saturated carbocycles. The fourth-order valence-electron chi connectivity index (χ4n) is 2.45. The molecule has 1 aromatic carbocycles. The van der Waals surface area contributed by atoms with Gasteiger partial charge in [-0.3, -0.25) is 14.9 Å². The van der Waals surface area contributed by atoms with Crippen molar-refractivity contribution < 1.29 is 9.72 Å². The molecule has 0 saturated heterocycles. The summed E-state index contributed by atoms with van der Waals surface area (Å²) >= 11 is 0. The number of aryl methyl sites for hydroxylation is 1. The van der Waals surface area contributed by atoms with Gasteiger partial charge in [0.25, 0.3) is 5.69 Å². The highest BCUT2D eigenvalue weighted by Crippen LogP contribution is 2.34. The first-order valence-corrected chi connectivity index (χ1v) is 6.89. The molecular formula is C14H19N3O3. The summed E-state index contributed by atoms with van der Waals surface area (Å²) in [5, 5.41) is 17.1. The van der Waals surface area contributed by atoms with Crippen LogP contribution in [0.2, 0.25) is 0 Å². The smallest absolute Gasteiger partial charge is 0.292 e. The normalized spacial score (nSPS) is 15.2. The maximum Gasteiger partial charge on any atom is 0.292 e. The highest BCUT2D eigenvalue weighted by Gasteiger charge is 2.23. The molecule has 0 radical (unpaired) electrons. The van der Waals surface area contributed by atoms with Crippen molar-refractivity contribution in [3.05, 3.63) is 27.8 Å². The van der Waals surface area contributed by atoms with Crippen LogP contribution in [0.1, 0.15) is 38.7 Å². The summed E-state index contributed by atoms with van der Waals surface area (Å²) in [6, 6.07) is 3.39. The van der Waals surface area contributed by atoms with E-state index < -0.39 is 0 Å². The number of carbonyl (C=O) groups is 1. The van der Waals surface area contributed by atoms with E-state index in [2.05, 4.69) is 17.6 Å². The van der Waals surface area contributed by atoms with Gasteiger partial charge in [-0.2, -0.15) is 0 Å². The number of amides is 1. The van der Waals surface area contributed by atoms with Gasteiger partial charge in [0.1, 0.15) is 5.69 Å². The predicted octanol–water partition coefficient (Wildman–Crippen LogP) is 3.08. The van der Waals surface area contributed by atoms with Crippen LogP contribution in [0.5, 0.6) is 0 Å². The van der Waals surface area contributed by atoms with Gasteiger partial charge in [-0.1, -0.05) is 13.3 Å². The van der Waals surface area contributed by atoms with E-state index in [0.717, 1.165) is 18.4 Å². The van der Waals surface area contributed by atoms with Gasteiger partial charge in [0.05, 0.1) is 4.92 Å². The van der Waals surface area contributed by atoms with E-state index in [1.807, 2.05) is 6.92 Å². The molecule has 1 atom stereocenters. The second-order valence-corrected chi connectivity index (χ2v) is 5.17. The van der Waals surface area contributed by atoms with Gasteiger partial charge in [0.2, 0.25) is 5.91 Å². The van der Waals surface area contributed by atoms with Crippen LogP contribution in [0.3, 0.4) is 0 Å². The van der Waals surface area contributed by atoms with E-state index in [-0.39, 0.29) is 22.6 Å². The third-order valence-electron chi connectivity index (χ3n) is 3.44. The molecule has 1 aliphatic heterocycles. The van der Waals surface area contributed by atoms with Crippen LogP contribution in [0.15, 0.2) is 12.1 Å². The van der Waals surface area contributed by atoms with E-state index in [4.69, 9.17) is 0 Å². The molecule has 20 heavy (non-hydrogen) atoms. The first-order valence-electron chi connectivity index (χ1n) is 6.89. The van der Waals surface area contributed by atoms with Crippen molar-refractivity contribution in [1.82, 2.24) is 0 Å². The van der Waals surface area contributed by atoms with Gasteiger partial charge in [0, 0.05) is 24.2 Å². The van der Waals surface area contributed by atoms with Crippen molar-refractivity contribution in [2.24, 2.45) is 0 Å². The first kappa shape index (κ1) is 14.3. The molecule has 6 nitrogen and oxygen atoms in total. The van der Waals surface area contributed by atoms with Crippen molar-refractivity contribution in [2.75, 3.05) is 10.6 Å². The van der Waals surface area contributed by atoms with E-state index in [0.29, 0.717) is 24.2 Å². The molecule has 1 aromatic rings. The summed E-state index contributed by atoms with van der Waals surface area (Å²) in [6.45, 7) is 4.06. The van der Waals surface area contributed by atoms with E-state index in [1.54, 1.807) is 12.1 Å². The molecule has 1 amide bonds. The summed E-state index contributed by atoms with van der Waals surface area (Å²) in [5.74, 6) is -0.0427. The second kappa shape index (κ2) is 5.90. The lowest BCUT2D eigenvalue weighted by Gasteiger charge is -2.20. The fraction of sp³-hybridized carbons (Fsp3) is 0.500. The van der Waals surface area contributed by atoms with Crippen LogP contribution in [0.25, 0.3) is 0 Å². The Kier molecular flexibility index (Phi) is 4.22. The molecule has 0 aliphatic carbocycles. The minimum atomic E-state index is -0.377. The molecule has 108 valence electrons. The minimum absolute atomic E-state index is 0.0427. The molecule has 0 spiro atoms. The number of nitrogens with one attached hydrogen (secondary N) is 2. The number of nitro groups is 1. The van der Waals surface area contributed by atoms with E-state index >= 15 is 0 Å². The quantitative estimate of drug-likeness (QED) is 0.640. The maximum atomic E-state index is 11.4. The van der Waals surface area contributed by atoms with Crippen LogP contribution < -0.4 is 10.6 Å². The average Bonchev–Trinajstić information content (AvgIpc) is 2.37. The SMILES string of the molecule is CCCC(C)Nc1cc2c(cc1[N+](=O)[O-])CCC(=O)N2. The van der Waals surface area contributed by atoms with E-state index in [1.165, 1.54) is 0 Å². The van der Waals surface area contributed by atoms with Gasteiger partial charge in [-0.25, -0.2) is 0 Å². The molecule has 0 fully saturated rings. The first-order chi connectivity index (χ1) is 9.51. The third kappa shape index (κ3) is 3.07. The Morgan fingerprint density at radius 2 is 2.20 bits per heavy atom. The summed E-state index contributed by atoms with van der Waals surface area (Å²) in [5.41, 5.74) is 2.04. The van der Waals surface area contributed by atoms with Crippen LogP contribution in [-0.4, -0.2) is 16.9 Å². The molecular weight excluding hydrogens is 258 g/mol. The number of anilines is 2. The Labute approximate surface area is 117 Å². The summed E-state index contributed by atoms with van der Waals surface area (Å²) in [4.78, 5) is 22.2. The molecule has 0 aromatic heterocycles. The molecule has 0 bridgehead atoms. The molecule has 2 N–H and O–H groups in total. The Morgan fingerprint density at radius 3 is 2.85 bits per heavy atom. The summed E-state index contributed by atoms with van der Waals surface area (Å²) < 4.78 is 0. The minimum Gasteiger partial charge on any atom is -0.377 e. The van der Waals surface area contributed by atoms with Crippen LogP contribution in [-0.2, 0) is 11.2 Å². The number of rotatable bonds is 5. The number of carbonyl (C=O) groups excluding carboxylic acids is 1. The molecule has 6 heteroatoms. The fourth-order valence-corrected chi connectivity index (χ4v) is 2.45. The Balaban J connectivity index is 2.35. The number of hydrogen-bond donors (Lipinski definition) is 2. The molecule has 2 rings (SSSR count). The Hall–Kier alpha value is -2.11.